The number of nitrogens with zero attached hydrogens (tertiary/aromatic N) is 2. The summed E-state index contributed by atoms with van der Waals surface area (Å²) in [6, 6.07) is 5.63. The van der Waals surface area contributed by atoms with Gasteiger partial charge in [0.15, 0.2) is 6.61 Å². The van der Waals surface area contributed by atoms with Crippen molar-refractivity contribution in [2.24, 2.45) is 0 Å². The number of sulfonamides is 1. The van der Waals surface area contributed by atoms with Gasteiger partial charge in [0.25, 0.3) is 15.9 Å². The quantitative estimate of drug-likeness (QED) is 0.747. The van der Waals surface area contributed by atoms with E-state index in [0.29, 0.717) is 15.4 Å². The van der Waals surface area contributed by atoms with Crippen LogP contribution in [-0.4, -0.2) is 43.4 Å². The molecule has 0 spiro atoms. The molecule has 1 heterocycles. The molecule has 152 valence electrons. The van der Waals surface area contributed by atoms with E-state index in [9.17, 15) is 26.4 Å². The Morgan fingerprint density at radius 3 is 2.18 bits per heavy atom. The first-order valence-electron chi connectivity index (χ1n) is 8.09. The zero-order valence-electron chi connectivity index (χ0n) is 15.7. The van der Waals surface area contributed by atoms with E-state index < -0.39 is 28.7 Å². The predicted octanol–water partition coefficient (Wildman–Crippen LogP) is 3.41. The second-order valence-electron chi connectivity index (χ2n) is 6.29. The molecule has 1 amide bonds. The summed E-state index contributed by atoms with van der Waals surface area (Å²) in [6.45, 7) is 3.59. The molecule has 0 radical (unpaired) electrons. The van der Waals surface area contributed by atoms with Gasteiger partial charge in [0.2, 0.25) is 5.88 Å². The molecule has 1 aromatic carbocycles. The first-order chi connectivity index (χ1) is 12.8. The molecular weight excluding hydrogens is 397 g/mol. The van der Waals surface area contributed by atoms with E-state index in [1.807, 2.05) is 6.92 Å². The summed E-state index contributed by atoms with van der Waals surface area (Å²) in [5.41, 5.74) is 1.80. The fraction of sp³-hybridized carbons (Fsp3) is 0.333. The monoisotopic (exact) mass is 416 g/mol. The Balaban J connectivity index is 2.27. The number of amides is 1. The Kier molecular flexibility index (Phi) is 6.03. The van der Waals surface area contributed by atoms with Gasteiger partial charge >= 0.3 is 6.18 Å². The maximum absolute atomic E-state index is 12.9. The van der Waals surface area contributed by atoms with Gasteiger partial charge in [-0.3, -0.25) is 4.79 Å². The summed E-state index contributed by atoms with van der Waals surface area (Å²) in [7, 11) is -3.01. The molecule has 0 saturated heterocycles. The van der Waals surface area contributed by atoms with Crippen molar-refractivity contribution in [1.82, 2.24) is 9.29 Å². The van der Waals surface area contributed by atoms with Crippen LogP contribution in [-0.2, 0) is 10.0 Å². The van der Waals surface area contributed by atoms with E-state index in [1.165, 1.54) is 0 Å². The van der Waals surface area contributed by atoms with Crippen LogP contribution in [0.3, 0.4) is 0 Å². The zero-order valence-corrected chi connectivity index (χ0v) is 16.5. The Morgan fingerprint density at radius 1 is 1.14 bits per heavy atom. The molecular formula is C18H19F3N2O4S. The number of alkyl halides is 3. The Bertz CT molecular complexity index is 964. The average Bonchev–Trinajstić information content (AvgIpc) is 2.57. The lowest BCUT2D eigenvalue weighted by atomic mass is 10.1. The fourth-order valence-electron chi connectivity index (χ4n) is 2.75. The molecule has 0 unspecified atom stereocenters. The molecule has 0 aliphatic heterocycles. The number of rotatable bonds is 5. The maximum atomic E-state index is 12.9. The van der Waals surface area contributed by atoms with Crippen LogP contribution in [0.1, 0.15) is 27.0 Å². The third-order valence-corrected chi connectivity index (χ3v) is 5.92. The van der Waals surface area contributed by atoms with Gasteiger partial charge in [-0.25, -0.2) is 17.7 Å². The summed E-state index contributed by atoms with van der Waals surface area (Å²) in [4.78, 5) is 16.2. The summed E-state index contributed by atoms with van der Waals surface area (Å²) in [5.74, 6) is -1.20. The van der Waals surface area contributed by atoms with Crippen LogP contribution < -0.4 is 4.74 Å². The number of aromatic nitrogens is 1. The first-order valence-corrected chi connectivity index (χ1v) is 9.53. The highest BCUT2D eigenvalue weighted by atomic mass is 32.2. The zero-order chi connectivity index (χ0) is 21.3. The highest BCUT2D eigenvalue weighted by Crippen LogP contribution is 2.26. The van der Waals surface area contributed by atoms with Crippen molar-refractivity contribution in [3.63, 3.8) is 0 Å². The van der Waals surface area contributed by atoms with E-state index >= 15 is 0 Å². The predicted molar refractivity (Wildman–Crippen MR) is 95.7 cm³/mol. The fourth-order valence-corrected chi connectivity index (χ4v) is 4.28. The van der Waals surface area contributed by atoms with Crippen LogP contribution >= 0.6 is 0 Å². The topological polar surface area (TPSA) is 76.6 Å². The van der Waals surface area contributed by atoms with E-state index in [0.717, 1.165) is 30.9 Å². The van der Waals surface area contributed by atoms with Gasteiger partial charge < -0.3 is 4.74 Å². The number of ether oxygens (including phenoxy) is 1. The molecule has 6 nitrogen and oxygen atoms in total. The Labute approximate surface area is 161 Å². The summed E-state index contributed by atoms with van der Waals surface area (Å²) in [5, 5.41) is 0. The van der Waals surface area contributed by atoms with Crippen LogP contribution in [0.4, 0.5) is 13.2 Å². The number of carbonyl (C=O) groups is 1. The van der Waals surface area contributed by atoms with Crippen LogP contribution in [0.15, 0.2) is 35.4 Å². The van der Waals surface area contributed by atoms with Gasteiger partial charge in [-0.15, -0.1) is 0 Å². The second kappa shape index (κ2) is 7.78. The number of aryl methyl sites for hydroxylation is 3. The minimum absolute atomic E-state index is 0.0343. The molecule has 1 aromatic heterocycles. The van der Waals surface area contributed by atoms with E-state index in [-0.39, 0.29) is 16.3 Å². The van der Waals surface area contributed by atoms with Crippen molar-refractivity contribution >= 4 is 15.9 Å². The van der Waals surface area contributed by atoms with Crippen LogP contribution in [0, 0.1) is 20.8 Å². The smallest absolute Gasteiger partial charge is 0.422 e. The third-order valence-electron chi connectivity index (χ3n) is 3.88. The highest BCUT2D eigenvalue weighted by molar-refractivity contribution is 7.89. The summed E-state index contributed by atoms with van der Waals surface area (Å²) in [6.07, 6.45) is -3.55. The molecule has 0 bridgehead atoms. The molecule has 2 aromatic rings. The van der Waals surface area contributed by atoms with Crippen molar-refractivity contribution < 1.29 is 31.1 Å². The highest BCUT2D eigenvalue weighted by Gasteiger charge is 2.30. The molecule has 0 aliphatic rings. The molecule has 0 fully saturated rings. The SMILES string of the molecule is Cc1cc(C)c(S(=O)(=O)N(C)C(=O)c2ccc(OCC(F)(F)F)nc2)c(C)c1. The van der Waals surface area contributed by atoms with Gasteiger partial charge in [-0.1, -0.05) is 17.7 Å². The maximum Gasteiger partial charge on any atom is 0.422 e. The summed E-state index contributed by atoms with van der Waals surface area (Å²) >= 11 is 0. The molecule has 0 saturated carbocycles. The van der Waals surface area contributed by atoms with Crippen molar-refractivity contribution in [2.45, 2.75) is 31.8 Å². The molecule has 0 N–H and O–H groups in total. The van der Waals surface area contributed by atoms with Crippen molar-refractivity contribution in [1.29, 1.82) is 0 Å². The number of halogens is 3. The van der Waals surface area contributed by atoms with Crippen molar-refractivity contribution in [2.75, 3.05) is 13.7 Å². The van der Waals surface area contributed by atoms with Crippen LogP contribution in [0.5, 0.6) is 5.88 Å². The molecule has 28 heavy (non-hydrogen) atoms. The minimum Gasteiger partial charge on any atom is -0.468 e. The lowest BCUT2D eigenvalue weighted by Gasteiger charge is -2.20. The standard InChI is InChI=1S/C18H19F3N2O4S/c1-11-7-12(2)16(13(3)8-11)28(25,26)23(4)17(24)14-5-6-15(22-9-14)27-10-18(19,20)21/h5-9H,10H2,1-4H3. The van der Waals surface area contributed by atoms with E-state index in [1.54, 1.807) is 26.0 Å². The normalized spacial score (nSPS) is 12.0. The number of hydrogen-bond acceptors (Lipinski definition) is 5. The number of benzene rings is 1. The first kappa shape index (κ1) is 21.7. The number of hydrogen-bond donors (Lipinski definition) is 0. The number of carbonyl (C=O) groups excluding carboxylic acids is 1. The average molecular weight is 416 g/mol. The second-order valence-corrected chi connectivity index (χ2v) is 8.20. The van der Waals surface area contributed by atoms with E-state index in [4.69, 9.17) is 0 Å². The third kappa shape index (κ3) is 4.80. The molecule has 10 heteroatoms. The van der Waals surface area contributed by atoms with Crippen LogP contribution in [0.2, 0.25) is 0 Å². The van der Waals surface area contributed by atoms with Gasteiger partial charge in [0, 0.05) is 19.3 Å². The molecule has 0 aliphatic carbocycles. The van der Waals surface area contributed by atoms with Gasteiger partial charge in [-0.05, 0) is 38.0 Å². The van der Waals surface area contributed by atoms with Gasteiger partial charge in [0.05, 0.1) is 10.5 Å². The van der Waals surface area contributed by atoms with Crippen LogP contribution in [0.25, 0.3) is 0 Å². The van der Waals surface area contributed by atoms with Crippen molar-refractivity contribution in [3.05, 3.63) is 52.7 Å². The van der Waals surface area contributed by atoms with E-state index in [2.05, 4.69) is 9.72 Å². The lowest BCUT2D eigenvalue weighted by molar-refractivity contribution is -0.154. The minimum atomic E-state index is -4.52. The molecule has 0 atom stereocenters. The van der Waals surface area contributed by atoms with Gasteiger partial charge in [-0.2, -0.15) is 13.2 Å². The Hall–Kier alpha value is -2.62. The largest absolute Gasteiger partial charge is 0.468 e. The van der Waals surface area contributed by atoms with Gasteiger partial charge in [0.1, 0.15) is 0 Å². The summed E-state index contributed by atoms with van der Waals surface area (Å²) < 4.78 is 67.4. The van der Waals surface area contributed by atoms with Crippen molar-refractivity contribution in [3.8, 4) is 5.88 Å². The number of pyridine rings is 1. The molecule has 2 rings (SSSR count). The Morgan fingerprint density at radius 2 is 1.71 bits per heavy atom. The lowest BCUT2D eigenvalue weighted by Crippen LogP contribution is -2.34.